The van der Waals surface area contributed by atoms with E-state index < -0.39 is 0 Å². The van der Waals surface area contributed by atoms with Crippen molar-refractivity contribution in [3.63, 3.8) is 0 Å². The lowest BCUT2D eigenvalue weighted by molar-refractivity contribution is 0.316. The van der Waals surface area contributed by atoms with E-state index in [1.54, 1.807) is 0 Å². The van der Waals surface area contributed by atoms with Crippen molar-refractivity contribution in [1.82, 2.24) is 0 Å². The second-order valence-corrected chi connectivity index (χ2v) is 10.8. The molecule has 0 atom stereocenters. The average Bonchev–Trinajstić information content (AvgIpc) is 2.90. The van der Waals surface area contributed by atoms with Gasteiger partial charge in [0.2, 0.25) is 0 Å². The van der Waals surface area contributed by atoms with Gasteiger partial charge in [0.05, 0.1) is 6.61 Å². The SMILES string of the molecule is Cc1ccc(OCCCNc2c(C(C)C)cccc2C(C)C)c(-c2cc(C)cc(-c3ccccc3)c2O)c1. The molecule has 4 aromatic rings. The Labute approximate surface area is 228 Å². The normalized spacial score (nSPS) is 11.3. The molecule has 3 nitrogen and oxygen atoms in total. The second-order valence-electron chi connectivity index (χ2n) is 10.8. The Balaban J connectivity index is 1.52. The number of aromatic hydroxyl groups is 1. The minimum Gasteiger partial charge on any atom is -0.507 e. The maximum atomic E-state index is 11.3. The lowest BCUT2D eigenvalue weighted by Gasteiger charge is -2.21. The van der Waals surface area contributed by atoms with E-state index in [1.165, 1.54) is 16.8 Å². The van der Waals surface area contributed by atoms with Gasteiger partial charge in [-0.1, -0.05) is 87.9 Å². The second kappa shape index (κ2) is 12.2. The number of phenolic OH excluding ortho intramolecular Hbond substituents is 1. The molecule has 0 aliphatic heterocycles. The summed E-state index contributed by atoms with van der Waals surface area (Å²) in [7, 11) is 0. The minimum absolute atomic E-state index is 0.283. The average molecular weight is 508 g/mol. The zero-order valence-electron chi connectivity index (χ0n) is 23.6. The third kappa shape index (κ3) is 6.22. The standard InChI is InChI=1S/C35H41NO2/c1-23(2)28-14-10-15-29(24(3)4)34(28)36-18-11-19-38-33-17-16-25(5)20-31(33)32-22-26(6)21-30(35(32)37)27-12-8-7-9-13-27/h7-10,12-17,20-24,36-37H,11,18-19H2,1-6H3. The molecule has 0 aliphatic rings. The first-order valence-corrected chi connectivity index (χ1v) is 13.8. The summed E-state index contributed by atoms with van der Waals surface area (Å²) in [5.41, 5.74) is 9.77. The van der Waals surface area contributed by atoms with Gasteiger partial charge < -0.3 is 15.2 Å². The van der Waals surface area contributed by atoms with Crippen molar-refractivity contribution >= 4 is 5.69 Å². The van der Waals surface area contributed by atoms with Gasteiger partial charge in [-0.25, -0.2) is 0 Å². The summed E-state index contributed by atoms with van der Waals surface area (Å²) in [6.45, 7) is 14.5. The molecule has 0 radical (unpaired) electrons. The molecule has 0 aliphatic carbocycles. The van der Waals surface area contributed by atoms with Crippen LogP contribution in [-0.2, 0) is 0 Å². The van der Waals surface area contributed by atoms with Crippen LogP contribution in [-0.4, -0.2) is 18.3 Å². The number of nitrogens with one attached hydrogen (secondary N) is 1. The van der Waals surface area contributed by atoms with Gasteiger partial charge in [-0.2, -0.15) is 0 Å². The Morgan fingerprint density at radius 3 is 2.00 bits per heavy atom. The van der Waals surface area contributed by atoms with Crippen molar-refractivity contribution in [2.75, 3.05) is 18.5 Å². The summed E-state index contributed by atoms with van der Waals surface area (Å²) >= 11 is 0. The molecule has 0 fully saturated rings. The monoisotopic (exact) mass is 507 g/mol. The largest absolute Gasteiger partial charge is 0.507 e. The number of hydrogen-bond acceptors (Lipinski definition) is 3. The molecular weight excluding hydrogens is 466 g/mol. The van der Waals surface area contributed by atoms with Crippen molar-refractivity contribution in [1.29, 1.82) is 0 Å². The lowest BCUT2D eigenvalue weighted by atomic mass is 9.92. The van der Waals surface area contributed by atoms with E-state index in [1.807, 2.05) is 48.5 Å². The highest BCUT2D eigenvalue weighted by Gasteiger charge is 2.17. The fourth-order valence-electron chi connectivity index (χ4n) is 5.02. The first-order valence-electron chi connectivity index (χ1n) is 13.8. The minimum atomic E-state index is 0.283. The Morgan fingerprint density at radius 1 is 0.711 bits per heavy atom. The van der Waals surface area contributed by atoms with Gasteiger partial charge in [-0.05, 0) is 78.6 Å². The summed E-state index contributed by atoms with van der Waals surface area (Å²) in [5.74, 6) is 2.00. The highest BCUT2D eigenvalue weighted by Crippen LogP contribution is 2.43. The van der Waals surface area contributed by atoms with E-state index in [4.69, 9.17) is 4.74 Å². The van der Waals surface area contributed by atoms with Gasteiger partial charge in [0, 0.05) is 28.9 Å². The molecule has 2 N–H and O–H groups in total. The van der Waals surface area contributed by atoms with E-state index in [0.717, 1.165) is 52.1 Å². The zero-order valence-corrected chi connectivity index (χ0v) is 23.6. The van der Waals surface area contributed by atoms with E-state index in [-0.39, 0.29) is 5.75 Å². The first kappa shape index (κ1) is 27.3. The highest BCUT2D eigenvalue weighted by molar-refractivity contribution is 5.85. The number of aryl methyl sites for hydroxylation is 2. The molecule has 0 amide bonds. The van der Waals surface area contributed by atoms with Crippen LogP contribution in [0.15, 0.2) is 78.9 Å². The van der Waals surface area contributed by atoms with Crippen LogP contribution in [0.4, 0.5) is 5.69 Å². The predicted octanol–water partition coefficient (Wildman–Crippen LogP) is 9.47. The number of anilines is 1. The molecule has 0 saturated carbocycles. The van der Waals surface area contributed by atoms with Gasteiger partial charge in [0.1, 0.15) is 11.5 Å². The zero-order chi connectivity index (χ0) is 27.2. The first-order chi connectivity index (χ1) is 18.3. The van der Waals surface area contributed by atoms with E-state index in [0.29, 0.717) is 18.4 Å². The van der Waals surface area contributed by atoms with Crippen molar-refractivity contribution < 1.29 is 9.84 Å². The number of ether oxygens (including phenoxy) is 1. The number of benzene rings is 4. The van der Waals surface area contributed by atoms with Crippen LogP contribution in [0.5, 0.6) is 11.5 Å². The van der Waals surface area contributed by atoms with Gasteiger partial charge in [0.15, 0.2) is 0 Å². The van der Waals surface area contributed by atoms with E-state index >= 15 is 0 Å². The third-order valence-corrected chi connectivity index (χ3v) is 7.02. The molecule has 38 heavy (non-hydrogen) atoms. The summed E-state index contributed by atoms with van der Waals surface area (Å²) in [6, 6.07) is 26.9. The van der Waals surface area contributed by atoms with Crippen LogP contribution >= 0.6 is 0 Å². The highest BCUT2D eigenvalue weighted by atomic mass is 16.5. The summed E-state index contributed by atoms with van der Waals surface area (Å²) in [6.07, 6.45) is 0.867. The van der Waals surface area contributed by atoms with Crippen LogP contribution in [0.3, 0.4) is 0 Å². The van der Waals surface area contributed by atoms with Gasteiger partial charge in [-0.15, -0.1) is 0 Å². The van der Waals surface area contributed by atoms with Gasteiger partial charge in [0.25, 0.3) is 0 Å². The number of hydrogen-bond donors (Lipinski definition) is 2. The van der Waals surface area contributed by atoms with E-state index in [9.17, 15) is 5.11 Å². The van der Waals surface area contributed by atoms with Crippen molar-refractivity contribution in [3.05, 3.63) is 101 Å². The van der Waals surface area contributed by atoms with Crippen LogP contribution in [0, 0.1) is 13.8 Å². The van der Waals surface area contributed by atoms with Crippen LogP contribution < -0.4 is 10.1 Å². The van der Waals surface area contributed by atoms with Gasteiger partial charge >= 0.3 is 0 Å². The maximum absolute atomic E-state index is 11.3. The number of para-hydroxylation sites is 1. The summed E-state index contributed by atoms with van der Waals surface area (Å²) in [5, 5.41) is 15.1. The predicted molar refractivity (Wildman–Crippen MR) is 162 cm³/mol. The smallest absolute Gasteiger partial charge is 0.131 e. The molecular formula is C35H41NO2. The Hall–Kier alpha value is -3.72. The molecule has 198 valence electrons. The van der Waals surface area contributed by atoms with Crippen LogP contribution in [0.25, 0.3) is 22.3 Å². The van der Waals surface area contributed by atoms with Crippen molar-refractivity contribution in [3.8, 4) is 33.8 Å². The van der Waals surface area contributed by atoms with Crippen LogP contribution in [0.1, 0.15) is 68.2 Å². The molecule has 0 spiro atoms. The summed E-state index contributed by atoms with van der Waals surface area (Å²) in [4.78, 5) is 0. The Morgan fingerprint density at radius 2 is 1.34 bits per heavy atom. The fraction of sp³-hybridized carbons (Fsp3) is 0.314. The molecule has 4 aromatic carbocycles. The lowest BCUT2D eigenvalue weighted by Crippen LogP contribution is -2.12. The molecule has 0 bridgehead atoms. The van der Waals surface area contributed by atoms with Crippen LogP contribution in [0.2, 0.25) is 0 Å². The summed E-state index contributed by atoms with van der Waals surface area (Å²) < 4.78 is 6.33. The maximum Gasteiger partial charge on any atom is 0.131 e. The Kier molecular flexibility index (Phi) is 8.78. The molecule has 0 aromatic heterocycles. The van der Waals surface area contributed by atoms with E-state index in [2.05, 4.69) is 77.2 Å². The molecule has 3 heteroatoms. The van der Waals surface area contributed by atoms with Gasteiger partial charge in [-0.3, -0.25) is 0 Å². The van der Waals surface area contributed by atoms with Crippen molar-refractivity contribution in [2.24, 2.45) is 0 Å². The fourth-order valence-corrected chi connectivity index (χ4v) is 5.02. The molecule has 0 unspecified atom stereocenters. The molecule has 4 rings (SSSR count). The topological polar surface area (TPSA) is 41.5 Å². The number of rotatable bonds is 10. The number of phenols is 1. The van der Waals surface area contributed by atoms with Crippen molar-refractivity contribution in [2.45, 2.75) is 59.8 Å². The molecule has 0 saturated heterocycles. The Bertz CT molecular complexity index is 1350. The molecule has 0 heterocycles. The third-order valence-electron chi connectivity index (χ3n) is 7.02. The quantitative estimate of drug-likeness (QED) is 0.210.